The molecule has 2 atom stereocenters. The quantitative estimate of drug-likeness (QED) is 0.852. The van der Waals surface area contributed by atoms with E-state index < -0.39 is 0 Å². The summed E-state index contributed by atoms with van der Waals surface area (Å²) in [6.45, 7) is 5.86. The summed E-state index contributed by atoms with van der Waals surface area (Å²) in [5.41, 5.74) is 1.09. The highest BCUT2D eigenvalue weighted by atomic mass is 16.5. The van der Waals surface area contributed by atoms with Crippen LogP contribution in [0.4, 0.5) is 11.6 Å². The average Bonchev–Trinajstić information content (AvgIpc) is 3.15. The number of nitrogens with zero attached hydrogens (tertiary/aromatic N) is 2. The first kappa shape index (κ1) is 12.7. The van der Waals surface area contributed by atoms with Gasteiger partial charge in [0.1, 0.15) is 18.0 Å². The van der Waals surface area contributed by atoms with E-state index in [1.165, 1.54) is 12.8 Å². The lowest BCUT2D eigenvalue weighted by atomic mass is 10.1. The van der Waals surface area contributed by atoms with Gasteiger partial charge in [-0.2, -0.15) is 0 Å². The molecule has 5 heteroatoms. The summed E-state index contributed by atoms with van der Waals surface area (Å²) in [6, 6.07) is 0.399. The van der Waals surface area contributed by atoms with E-state index in [9.17, 15) is 0 Å². The van der Waals surface area contributed by atoms with Gasteiger partial charge in [-0.25, -0.2) is 9.97 Å². The van der Waals surface area contributed by atoms with E-state index in [1.807, 2.05) is 0 Å². The Hall–Kier alpha value is -1.36. The van der Waals surface area contributed by atoms with E-state index in [1.54, 1.807) is 6.33 Å². The number of hydrogen-bond donors (Lipinski definition) is 2. The van der Waals surface area contributed by atoms with Crippen LogP contribution in [0.25, 0.3) is 0 Å². The van der Waals surface area contributed by atoms with Crippen molar-refractivity contribution in [3.05, 3.63) is 11.9 Å². The lowest BCUT2D eigenvalue weighted by Gasteiger charge is -2.21. The third-order valence-electron chi connectivity index (χ3n) is 3.97. The molecule has 0 aromatic carbocycles. The minimum Gasteiger partial charge on any atom is -0.376 e. The van der Waals surface area contributed by atoms with Crippen molar-refractivity contribution in [2.75, 3.05) is 23.8 Å². The molecule has 1 aromatic heterocycles. The molecule has 2 N–H and O–H groups in total. The Kier molecular flexibility index (Phi) is 3.55. The van der Waals surface area contributed by atoms with Crippen molar-refractivity contribution < 1.29 is 4.74 Å². The molecule has 0 radical (unpaired) electrons. The number of rotatable bonds is 5. The number of ether oxygens (including phenoxy) is 1. The van der Waals surface area contributed by atoms with E-state index >= 15 is 0 Å². The molecule has 0 amide bonds. The minimum atomic E-state index is 0.372. The van der Waals surface area contributed by atoms with Crippen LogP contribution in [-0.4, -0.2) is 35.3 Å². The molecular weight excluding hydrogens is 240 g/mol. The Morgan fingerprint density at radius 1 is 1.26 bits per heavy atom. The summed E-state index contributed by atoms with van der Waals surface area (Å²) in [6.07, 6.45) is 5.69. The van der Waals surface area contributed by atoms with Gasteiger partial charge in [-0.1, -0.05) is 0 Å². The van der Waals surface area contributed by atoms with Crippen molar-refractivity contribution in [2.45, 2.75) is 45.3 Å². The molecule has 2 aliphatic rings. The predicted octanol–water partition coefficient (Wildman–Crippen LogP) is 2.20. The van der Waals surface area contributed by atoms with Crippen LogP contribution in [-0.2, 0) is 4.74 Å². The Bertz CT molecular complexity index is 447. The van der Waals surface area contributed by atoms with Crippen LogP contribution in [0.2, 0.25) is 0 Å². The second kappa shape index (κ2) is 5.33. The maximum absolute atomic E-state index is 5.86. The average molecular weight is 262 g/mol. The van der Waals surface area contributed by atoms with E-state index in [0.717, 1.165) is 42.7 Å². The molecular formula is C14H22N4O. The van der Waals surface area contributed by atoms with Crippen molar-refractivity contribution in [3.8, 4) is 0 Å². The van der Waals surface area contributed by atoms with Crippen LogP contribution in [0.15, 0.2) is 6.33 Å². The Morgan fingerprint density at radius 2 is 2.05 bits per heavy atom. The first-order valence-corrected chi connectivity index (χ1v) is 7.23. The van der Waals surface area contributed by atoms with Crippen LogP contribution in [0.1, 0.15) is 31.7 Å². The standard InChI is InChI=1S/C14H22N4O/c1-3-15-13-9(2)14(17-8-16-13)18-11-6-7-19-12(11)10-4-5-10/h8,10-12H,3-7H2,1-2H3,(H2,15,16,17,18). The minimum absolute atomic E-state index is 0.372. The van der Waals surface area contributed by atoms with Gasteiger partial charge >= 0.3 is 0 Å². The number of anilines is 2. The molecule has 2 heterocycles. The van der Waals surface area contributed by atoms with Gasteiger partial charge in [0.05, 0.1) is 12.1 Å². The zero-order valence-corrected chi connectivity index (χ0v) is 11.6. The number of hydrogen-bond acceptors (Lipinski definition) is 5. The van der Waals surface area contributed by atoms with Crippen molar-refractivity contribution in [1.82, 2.24) is 9.97 Å². The molecule has 19 heavy (non-hydrogen) atoms. The molecule has 2 unspecified atom stereocenters. The fourth-order valence-electron chi connectivity index (χ4n) is 2.77. The number of nitrogens with one attached hydrogen (secondary N) is 2. The highest BCUT2D eigenvalue weighted by Crippen LogP contribution is 2.39. The van der Waals surface area contributed by atoms with Gasteiger partial charge in [0.2, 0.25) is 0 Å². The van der Waals surface area contributed by atoms with Crippen LogP contribution in [0.5, 0.6) is 0 Å². The predicted molar refractivity (Wildman–Crippen MR) is 75.4 cm³/mol. The zero-order chi connectivity index (χ0) is 13.2. The van der Waals surface area contributed by atoms with Gasteiger partial charge in [-0.05, 0) is 39.0 Å². The van der Waals surface area contributed by atoms with Crippen LogP contribution in [0, 0.1) is 12.8 Å². The van der Waals surface area contributed by atoms with Crippen molar-refractivity contribution >= 4 is 11.6 Å². The summed E-state index contributed by atoms with van der Waals surface area (Å²) in [7, 11) is 0. The lowest BCUT2D eigenvalue weighted by Crippen LogP contribution is -2.31. The van der Waals surface area contributed by atoms with E-state index in [2.05, 4.69) is 34.4 Å². The van der Waals surface area contributed by atoms with Crippen molar-refractivity contribution in [1.29, 1.82) is 0 Å². The van der Waals surface area contributed by atoms with Gasteiger partial charge in [0.25, 0.3) is 0 Å². The maximum Gasteiger partial charge on any atom is 0.134 e. The molecule has 1 aliphatic carbocycles. The molecule has 2 fully saturated rings. The third-order valence-corrected chi connectivity index (χ3v) is 3.97. The molecule has 3 rings (SSSR count). The maximum atomic E-state index is 5.86. The van der Waals surface area contributed by atoms with E-state index in [4.69, 9.17) is 4.74 Å². The van der Waals surface area contributed by atoms with Crippen molar-refractivity contribution in [2.24, 2.45) is 5.92 Å². The molecule has 1 saturated heterocycles. The van der Waals surface area contributed by atoms with Crippen LogP contribution < -0.4 is 10.6 Å². The fourth-order valence-corrected chi connectivity index (χ4v) is 2.77. The van der Waals surface area contributed by atoms with Gasteiger partial charge in [0.15, 0.2) is 0 Å². The number of aromatic nitrogens is 2. The lowest BCUT2D eigenvalue weighted by molar-refractivity contribution is 0.0898. The van der Waals surface area contributed by atoms with Gasteiger partial charge in [0, 0.05) is 18.7 Å². The Morgan fingerprint density at radius 3 is 2.79 bits per heavy atom. The largest absolute Gasteiger partial charge is 0.376 e. The molecule has 1 aromatic rings. The second-order valence-electron chi connectivity index (χ2n) is 5.44. The molecule has 1 aliphatic heterocycles. The highest BCUT2D eigenvalue weighted by Gasteiger charge is 2.40. The summed E-state index contributed by atoms with van der Waals surface area (Å²) in [4.78, 5) is 8.66. The first-order valence-electron chi connectivity index (χ1n) is 7.23. The fraction of sp³-hybridized carbons (Fsp3) is 0.714. The third kappa shape index (κ3) is 2.66. The molecule has 0 bridgehead atoms. The zero-order valence-electron chi connectivity index (χ0n) is 11.6. The first-order chi connectivity index (χ1) is 9.29. The normalized spacial score (nSPS) is 26.4. The monoisotopic (exact) mass is 262 g/mol. The van der Waals surface area contributed by atoms with Gasteiger partial charge < -0.3 is 15.4 Å². The topological polar surface area (TPSA) is 59.1 Å². The summed E-state index contributed by atoms with van der Waals surface area (Å²) < 4.78 is 5.86. The Balaban J connectivity index is 1.73. The summed E-state index contributed by atoms with van der Waals surface area (Å²) in [5.74, 6) is 2.62. The van der Waals surface area contributed by atoms with Gasteiger partial charge in [-0.3, -0.25) is 0 Å². The van der Waals surface area contributed by atoms with Crippen LogP contribution in [0.3, 0.4) is 0 Å². The Labute approximate surface area is 114 Å². The highest BCUT2D eigenvalue weighted by molar-refractivity contribution is 5.56. The van der Waals surface area contributed by atoms with Crippen LogP contribution >= 0.6 is 0 Å². The smallest absolute Gasteiger partial charge is 0.134 e. The SMILES string of the molecule is CCNc1ncnc(NC2CCOC2C2CC2)c1C. The summed E-state index contributed by atoms with van der Waals surface area (Å²) in [5, 5.41) is 6.83. The van der Waals surface area contributed by atoms with Crippen molar-refractivity contribution in [3.63, 3.8) is 0 Å². The molecule has 1 saturated carbocycles. The van der Waals surface area contributed by atoms with Gasteiger partial charge in [-0.15, -0.1) is 0 Å². The molecule has 0 spiro atoms. The second-order valence-corrected chi connectivity index (χ2v) is 5.44. The summed E-state index contributed by atoms with van der Waals surface area (Å²) >= 11 is 0. The van der Waals surface area contributed by atoms with E-state index in [0.29, 0.717) is 12.1 Å². The van der Waals surface area contributed by atoms with E-state index in [-0.39, 0.29) is 0 Å². The molecule has 104 valence electrons. The molecule has 5 nitrogen and oxygen atoms in total.